The highest BCUT2D eigenvalue weighted by molar-refractivity contribution is 7.99. The van der Waals surface area contributed by atoms with Crippen molar-refractivity contribution in [1.29, 1.82) is 0 Å². The van der Waals surface area contributed by atoms with Crippen molar-refractivity contribution in [3.63, 3.8) is 0 Å². The molecule has 7 heteroatoms. The molecule has 6 rings (SSSR count). The quantitative estimate of drug-likeness (QED) is 0.394. The number of likely N-dealkylation sites (tertiary alicyclic amines) is 1. The number of morpholine rings is 1. The van der Waals surface area contributed by atoms with Crippen LogP contribution in [0.4, 0.5) is 11.4 Å². The van der Waals surface area contributed by atoms with Gasteiger partial charge in [0.15, 0.2) is 0 Å². The molecule has 3 aliphatic rings. The van der Waals surface area contributed by atoms with Crippen molar-refractivity contribution in [1.82, 2.24) is 9.88 Å². The van der Waals surface area contributed by atoms with Gasteiger partial charge in [0.2, 0.25) is 5.56 Å². The maximum Gasteiger partial charge on any atom is 0.250 e. The molecule has 0 saturated carbocycles. The first kappa shape index (κ1) is 23.6. The van der Waals surface area contributed by atoms with Gasteiger partial charge in [0, 0.05) is 59.0 Å². The van der Waals surface area contributed by atoms with Crippen LogP contribution in [0.5, 0.6) is 0 Å². The molecule has 0 amide bonds. The van der Waals surface area contributed by atoms with Gasteiger partial charge in [-0.2, -0.15) is 0 Å². The van der Waals surface area contributed by atoms with Crippen molar-refractivity contribution in [2.24, 2.45) is 0 Å². The van der Waals surface area contributed by atoms with Gasteiger partial charge in [-0.05, 0) is 67.7 Å². The fourth-order valence-electron chi connectivity index (χ4n) is 5.52. The van der Waals surface area contributed by atoms with Crippen LogP contribution in [0.25, 0.3) is 11.3 Å². The Hall–Kier alpha value is -2.74. The molecule has 0 aliphatic carbocycles. The number of aromatic amines is 1. The number of rotatable bonds is 6. The number of ether oxygens (including phenoxy) is 1. The van der Waals surface area contributed by atoms with Crippen LogP contribution in [0.15, 0.2) is 63.1 Å². The standard InChI is InChI=1S/C29H34N4O2S/c34-28-20-24(33-13-15-35-16-14-33)19-26(31-28)25-6-4-5-21-17-22-18-23(7-8-27(22)36-29(21)25)30-9-12-32-10-2-1-3-11-32/h4-8,18-20,30H,1-3,9-17H2,(H,31,34). The average Bonchev–Trinajstić information content (AvgIpc) is 2.92. The van der Waals surface area contributed by atoms with Crippen LogP contribution in [0.1, 0.15) is 30.4 Å². The smallest absolute Gasteiger partial charge is 0.250 e. The van der Waals surface area contributed by atoms with E-state index in [0.29, 0.717) is 13.2 Å². The van der Waals surface area contributed by atoms with Crippen molar-refractivity contribution in [2.45, 2.75) is 35.5 Å². The summed E-state index contributed by atoms with van der Waals surface area (Å²) in [5.41, 5.74) is 6.76. The number of hydrogen-bond acceptors (Lipinski definition) is 6. The summed E-state index contributed by atoms with van der Waals surface area (Å²) in [4.78, 5) is 23.0. The lowest BCUT2D eigenvalue weighted by molar-refractivity contribution is 0.122. The second-order valence-electron chi connectivity index (χ2n) is 9.94. The second-order valence-corrected chi connectivity index (χ2v) is 11.0. The van der Waals surface area contributed by atoms with Crippen LogP contribution in [-0.4, -0.2) is 62.4 Å². The van der Waals surface area contributed by atoms with Gasteiger partial charge in [-0.1, -0.05) is 36.4 Å². The van der Waals surface area contributed by atoms with E-state index in [4.69, 9.17) is 4.74 Å². The van der Waals surface area contributed by atoms with Gasteiger partial charge >= 0.3 is 0 Å². The molecule has 0 radical (unpaired) electrons. The summed E-state index contributed by atoms with van der Waals surface area (Å²) in [5.74, 6) is 0. The van der Waals surface area contributed by atoms with Crippen LogP contribution in [0, 0.1) is 0 Å². The molecule has 4 heterocycles. The first-order valence-corrected chi connectivity index (χ1v) is 14.0. The van der Waals surface area contributed by atoms with E-state index in [2.05, 4.69) is 62.6 Å². The van der Waals surface area contributed by atoms with Crippen LogP contribution in [-0.2, 0) is 11.2 Å². The highest BCUT2D eigenvalue weighted by Crippen LogP contribution is 2.45. The van der Waals surface area contributed by atoms with Crippen molar-refractivity contribution in [3.05, 3.63) is 70.0 Å². The molecule has 2 N–H and O–H groups in total. The molecule has 0 bridgehead atoms. The summed E-state index contributed by atoms with van der Waals surface area (Å²) in [6.07, 6.45) is 4.96. The molecule has 3 aromatic rings. The number of hydrogen-bond donors (Lipinski definition) is 2. The monoisotopic (exact) mass is 502 g/mol. The van der Waals surface area contributed by atoms with E-state index in [-0.39, 0.29) is 5.56 Å². The molecule has 6 nitrogen and oxygen atoms in total. The maximum absolute atomic E-state index is 12.6. The Balaban J connectivity index is 1.21. The third-order valence-corrected chi connectivity index (χ3v) is 8.76. The second kappa shape index (κ2) is 10.7. The normalized spacial score (nSPS) is 17.9. The third-order valence-electron chi connectivity index (χ3n) is 7.45. The number of anilines is 2. The minimum Gasteiger partial charge on any atom is -0.384 e. The van der Waals surface area contributed by atoms with Gasteiger partial charge in [0.05, 0.1) is 18.9 Å². The summed E-state index contributed by atoms with van der Waals surface area (Å²) in [5, 5.41) is 3.64. The SMILES string of the molecule is O=c1cc(N2CCOCC2)cc(-c2cccc3c2Sc2ccc(NCCN4CCCCC4)cc2C3)[nH]1. The largest absolute Gasteiger partial charge is 0.384 e. The van der Waals surface area contributed by atoms with E-state index in [1.165, 1.54) is 59.0 Å². The van der Waals surface area contributed by atoms with Crippen LogP contribution >= 0.6 is 11.8 Å². The zero-order valence-electron chi connectivity index (χ0n) is 20.7. The van der Waals surface area contributed by atoms with Gasteiger partial charge in [-0.3, -0.25) is 4.79 Å². The summed E-state index contributed by atoms with van der Waals surface area (Å²) in [6.45, 7) is 7.59. The van der Waals surface area contributed by atoms with Crippen LogP contribution in [0.2, 0.25) is 0 Å². The van der Waals surface area contributed by atoms with Gasteiger partial charge < -0.3 is 24.8 Å². The number of pyridine rings is 1. The average molecular weight is 503 g/mol. The molecule has 3 aliphatic heterocycles. The Morgan fingerprint density at radius 2 is 1.81 bits per heavy atom. The van der Waals surface area contributed by atoms with E-state index in [0.717, 1.165) is 49.5 Å². The molecule has 0 spiro atoms. The molecule has 2 aromatic carbocycles. The molecule has 36 heavy (non-hydrogen) atoms. The summed E-state index contributed by atoms with van der Waals surface area (Å²) < 4.78 is 5.49. The Bertz CT molecular complexity index is 1280. The highest BCUT2D eigenvalue weighted by Gasteiger charge is 2.21. The fourth-order valence-corrected chi connectivity index (χ4v) is 6.70. The fraction of sp³-hybridized carbons (Fsp3) is 0.414. The Morgan fingerprint density at radius 1 is 0.944 bits per heavy atom. The zero-order valence-corrected chi connectivity index (χ0v) is 21.5. The number of aromatic nitrogens is 1. The molecule has 1 aromatic heterocycles. The maximum atomic E-state index is 12.6. The van der Waals surface area contributed by atoms with E-state index in [9.17, 15) is 4.79 Å². The Morgan fingerprint density at radius 3 is 2.67 bits per heavy atom. The third kappa shape index (κ3) is 5.19. The zero-order chi connectivity index (χ0) is 24.3. The van der Waals surface area contributed by atoms with Gasteiger partial charge in [0.25, 0.3) is 0 Å². The number of nitrogens with one attached hydrogen (secondary N) is 2. The molecular formula is C29H34N4O2S. The topological polar surface area (TPSA) is 60.6 Å². The van der Waals surface area contributed by atoms with Crippen LogP contribution in [0.3, 0.4) is 0 Å². The summed E-state index contributed by atoms with van der Waals surface area (Å²) >= 11 is 1.81. The lowest BCUT2D eigenvalue weighted by Crippen LogP contribution is -2.36. The summed E-state index contributed by atoms with van der Waals surface area (Å²) in [7, 11) is 0. The van der Waals surface area contributed by atoms with Crippen molar-refractivity contribution < 1.29 is 4.74 Å². The number of piperidine rings is 1. The van der Waals surface area contributed by atoms with Gasteiger partial charge in [-0.25, -0.2) is 0 Å². The van der Waals surface area contributed by atoms with E-state index in [1.807, 2.05) is 11.8 Å². The summed E-state index contributed by atoms with van der Waals surface area (Å²) in [6, 6.07) is 17.0. The molecule has 2 fully saturated rings. The van der Waals surface area contributed by atoms with Crippen molar-refractivity contribution >= 4 is 23.1 Å². The number of benzene rings is 2. The number of H-pyrrole nitrogens is 1. The first-order valence-electron chi connectivity index (χ1n) is 13.2. The molecule has 0 unspecified atom stereocenters. The number of nitrogens with zero attached hydrogens (tertiary/aromatic N) is 2. The Labute approximate surface area is 217 Å². The number of fused-ring (bicyclic) bond motifs is 2. The lowest BCUT2D eigenvalue weighted by atomic mass is 9.99. The highest BCUT2D eigenvalue weighted by atomic mass is 32.2. The minimum absolute atomic E-state index is 0.0620. The minimum atomic E-state index is -0.0620. The van der Waals surface area contributed by atoms with E-state index in [1.54, 1.807) is 6.07 Å². The molecule has 0 atom stereocenters. The molecule has 2 saturated heterocycles. The van der Waals surface area contributed by atoms with Gasteiger partial charge in [-0.15, -0.1) is 0 Å². The van der Waals surface area contributed by atoms with E-state index < -0.39 is 0 Å². The molecular weight excluding hydrogens is 468 g/mol. The van der Waals surface area contributed by atoms with Crippen molar-refractivity contribution in [3.8, 4) is 11.3 Å². The van der Waals surface area contributed by atoms with Crippen molar-refractivity contribution in [2.75, 3.05) is 62.7 Å². The predicted molar refractivity (Wildman–Crippen MR) is 148 cm³/mol. The first-order chi connectivity index (χ1) is 17.7. The molecule has 188 valence electrons. The van der Waals surface area contributed by atoms with Gasteiger partial charge in [0.1, 0.15) is 0 Å². The van der Waals surface area contributed by atoms with Crippen LogP contribution < -0.4 is 15.8 Å². The van der Waals surface area contributed by atoms with E-state index >= 15 is 0 Å². The Kier molecular flexibility index (Phi) is 7.03. The predicted octanol–water partition coefficient (Wildman–Crippen LogP) is 4.83. The lowest BCUT2D eigenvalue weighted by Gasteiger charge is -2.29.